The van der Waals surface area contributed by atoms with E-state index in [0.717, 1.165) is 5.56 Å². The van der Waals surface area contributed by atoms with Crippen molar-refractivity contribution in [2.24, 2.45) is 5.92 Å². The van der Waals surface area contributed by atoms with Gasteiger partial charge in [-0.25, -0.2) is 0 Å². The SMILES string of the molecule is O=C(/C=C/c1ccc(OCCOC2CC(C(=O)O)C2)cc1)c1cccc(Cl)c1O. The maximum absolute atomic E-state index is 12.2. The van der Waals surface area contributed by atoms with Gasteiger partial charge in [-0.15, -0.1) is 0 Å². The highest BCUT2D eigenvalue weighted by Gasteiger charge is 2.34. The number of aromatic hydroxyl groups is 1. The van der Waals surface area contributed by atoms with Gasteiger partial charge in [-0.05, 0) is 48.7 Å². The molecule has 0 atom stereocenters. The lowest BCUT2D eigenvalue weighted by Crippen LogP contribution is -2.36. The summed E-state index contributed by atoms with van der Waals surface area (Å²) in [6.07, 6.45) is 4.14. The third-order valence-electron chi connectivity index (χ3n) is 4.71. The van der Waals surface area contributed by atoms with E-state index in [-0.39, 0.29) is 34.1 Å². The summed E-state index contributed by atoms with van der Waals surface area (Å²) in [6.45, 7) is 0.770. The number of rotatable bonds is 9. The summed E-state index contributed by atoms with van der Waals surface area (Å²) in [5.74, 6) is -0.946. The van der Waals surface area contributed by atoms with E-state index in [4.69, 9.17) is 26.2 Å². The van der Waals surface area contributed by atoms with Crippen molar-refractivity contribution in [3.05, 3.63) is 64.7 Å². The zero-order chi connectivity index (χ0) is 20.8. The maximum atomic E-state index is 12.2. The summed E-state index contributed by atoms with van der Waals surface area (Å²) < 4.78 is 11.2. The van der Waals surface area contributed by atoms with Gasteiger partial charge in [-0.1, -0.05) is 35.9 Å². The minimum Gasteiger partial charge on any atom is -0.506 e. The number of allylic oxidation sites excluding steroid dienone is 1. The highest BCUT2D eigenvalue weighted by atomic mass is 35.5. The summed E-state index contributed by atoms with van der Waals surface area (Å²) in [5.41, 5.74) is 0.951. The van der Waals surface area contributed by atoms with Crippen LogP contribution in [0.25, 0.3) is 6.08 Å². The molecule has 1 fully saturated rings. The van der Waals surface area contributed by atoms with Gasteiger partial charge in [-0.2, -0.15) is 0 Å². The predicted octanol–water partition coefficient (Wildman–Crippen LogP) is 4.20. The standard InChI is InChI=1S/C22H21ClO6/c23-19-3-1-2-18(21(19)25)20(24)9-6-14-4-7-16(8-5-14)28-10-11-29-17-12-15(13-17)22(26)27/h1-9,15,17,25H,10-13H2,(H,26,27)/b9-6+. The van der Waals surface area contributed by atoms with Crippen molar-refractivity contribution in [3.63, 3.8) is 0 Å². The maximum Gasteiger partial charge on any atom is 0.306 e. The number of para-hydroxylation sites is 1. The molecule has 2 N–H and O–H groups in total. The summed E-state index contributed by atoms with van der Waals surface area (Å²) >= 11 is 5.82. The molecule has 0 amide bonds. The molecular formula is C22H21ClO6. The first-order valence-electron chi connectivity index (χ1n) is 9.21. The van der Waals surface area contributed by atoms with Crippen molar-refractivity contribution in [2.45, 2.75) is 18.9 Å². The van der Waals surface area contributed by atoms with Crippen LogP contribution in [0.5, 0.6) is 11.5 Å². The van der Waals surface area contributed by atoms with Crippen LogP contribution in [0, 0.1) is 5.92 Å². The number of ketones is 1. The molecule has 6 nitrogen and oxygen atoms in total. The number of ether oxygens (including phenoxy) is 2. The molecule has 7 heteroatoms. The quantitative estimate of drug-likeness (QED) is 0.361. The summed E-state index contributed by atoms with van der Waals surface area (Å²) in [7, 11) is 0. The fraction of sp³-hybridized carbons (Fsp3) is 0.273. The molecule has 29 heavy (non-hydrogen) atoms. The molecule has 152 valence electrons. The van der Waals surface area contributed by atoms with E-state index in [1.807, 2.05) is 0 Å². The van der Waals surface area contributed by atoms with E-state index in [2.05, 4.69) is 0 Å². The largest absolute Gasteiger partial charge is 0.506 e. The van der Waals surface area contributed by atoms with Gasteiger partial charge >= 0.3 is 5.97 Å². The Morgan fingerprint density at radius 2 is 1.83 bits per heavy atom. The minimum atomic E-state index is -0.763. The number of hydrogen-bond acceptors (Lipinski definition) is 5. The van der Waals surface area contributed by atoms with Crippen LogP contribution in [0.4, 0.5) is 0 Å². The average Bonchev–Trinajstić information content (AvgIpc) is 2.67. The third-order valence-corrected chi connectivity index (χ3v) is 5.01. The lowest BCUT2D eigenvalue weighted by Gasteiger charge is -2.31. The van der Waals surface area contributed by atoms with Crippen molar-refractivity contribution in [3.8, 4) is 11.5 Å². The van der Waals surface area contributed by atoms with Gasteiger partial charge < -0.3 is 19.7 Å². The predicted molar refractivity (Wildman–Crippen MR) is 109 cm³/mol. The topological polar surface area (TPSA) is 93.1 Å². The van der Waals surface area contributed by atoms with E-state index >= 15 is 0 Å². The number of hydrogen-bond donors (Lipinski definition) is 2. The van der Waals surface area contributed by atoms with E-state index in [9.17, 15) is 14.7 Å². The Hall–Kier alpha value is -2.83. The number of carboxylic acids is 1. The molecule has 0 spiro atoms. The van der Waals surface area contributed by atoms with Gasteiger partial charge in [0, 0.05) is 0 Å². The molecule has 0 aromatic heterocycles. The molecule has 1 aliphatic rings. The summed E-state index contributed by atoms with van der Waals surface area (Å²) in [5, 5.41) is 18.8. The Bertz CT molecular complexity index is 900. The van der Waals surface area contributed by atoms with E-state index in [1.54, 1.807) is 36.4 Å². The summed E-state index contributed by atoms with van der Waals surface area (Å²) in [4.78, 5) is 22.9. The molecule has 0 unspecified atom stereocenters. The molecule has 0 heterocycles. The number of carbonyl (C=O) groups excluding carboxylic acids is 1. The van der Waals surface area contributed by atoms with Crippen LogP contribution in [0.1, 0.15) is 28.8 Å². The van der Waals surface area contributed by atoms with Crippen LogP contribution in [-0.4, -0.2) is 41.3 Å². The number of aliphatic carboxylic acids is 1. The number of carboxylic acid groups (broad SMARTS) is 1. The van der Waals surface area contributed by atoms with Crippen molar-refractivity contribution >= 4 is 29.4 Å². The van der Waals surface area contributed by atoms with Crippen molar-refractivity contribution in [2.75, 3.05) is 13.2 Å². The number of phenols is 1. The Kier molecular flexibility index (Phi) is 6.90. The highest BCUT2D eigenvalue weighted by Crippen LogP contribution is 2.30. The average molecular weight is 417 g/mol. The van der Waals surface area contributed by atoms with Crippen LogP contribution in [-0.2, 0) is 9.53 Å². The molecule has 3 rings (SSSR count). The van der Waals surface area contributed by atoms with E-state index in [0.29, 0.717) is 31.8 Å². The Labute approximate surface area is 173 Å². The monoisotopic (exact) mass is 416 g/mol. The minimum absolute atomic E-state index is 0.00341. The Morgan fingerprint density at radius 1 is 1.10 bits per heavy atom. The molecule has 1 aliphatic carbocycles. The highest BCUT2D eigenvalue weighted by molar-refractivity contribution is 6.32. The van der Waals surface area contributed by atoms with Gasteiger partial charge in [0.25, 0.3) is 0 Å². The van der Waals surface area contributed by atoms with Crippen LogP contribution in [0.15, 0.2) is 48.5 Å². The van der Waals surface area contributed by atoms with Crippen LogP contribution >= 0.6 is 11.6 Å². The van der Waals surface area contributed by atoms with Gasteiger partial charge in [0.1, 0.15) is 18.1 Å². The lowest BCUT2D eigenvalue weighted by molar-refractivity contribution is -0.151. The fourth-order valence-corrected chi connectivity index (χ4v) is 3.10. The van der Waals surface area contributed by atoms with Gasteiger partial charge in [0.15, 0.2) is 5.78 Å². The fourth-order valence-electron chi connectivity index (χ4n) is 2.93. The van der Waals surface area contributed by atoms with Crippen LogP contribution < -0.4 is 4.74 Å². The zero-order valence-electron chi connectivity index (χ0n) is 15.6. The second-order valence-corrected chi connectivity index (χ2v) is 7.16. The van der Waals surface area contributed by atoms with Crippen molar-refractivity contribution in [1.29, 1.82) is 0 Å². The van der Waals surface area contributed by atoms with Crippen LogP contribution in [0.3, 0.4) is 0 Å². The van der Waals surface area contributed by atoms with Gasteiger partial charge in [0.05, 0.1) is 29.2 Å². The van der Waals surface area contributed by atoms with Crippen LogP contribution in [0.2, 0.25) is 5.02 Å². The number of benzene rings is 2. The molecule has 2 aromatic carbocycles. The Balaban J connectivity index is 1.43. The Morgan fingerprint density at radius 3 is 2.52 bits per heavy atom. The summed E-state index contributed by atoms with van der Waals surface area (Å²) in [6, 6.07) is 11.8. The first-order chi connectivity index (χ1) is 13.9. The molecule has 0 bridgehead atoms. The zero-order valence-corrected chi connectivity index (χ0v) is 16.3. The molecule has 0 aliphatic heterocycles. The molecule has 1 saturated carbocycles. The molecule has 2 aromatic rings. The second kappa shape index (κ2) is 9.58. The molecule has 0 radical (unpaired) electrons. The number of phenolic OH excluding ortho intramolecular Hbond substituents is 1. The second-order valence-electron chi connectivity index (χ2n) is 6.75. The molecular weight excluding hydrogens is 396 g/mol. The van der Waals surface area contributed by atoms with Crippen molar-refractivity contribution < 1.29 is 29.3 Å². The van der Waals surface area contributed by atoms with E-state index < -0.39 is 5.97 Å². The van der Waals surface area contributed by atoms with Gasteiger partial charge in [0.2, 0.25) is 0 Å². The third kappa shape index (κ3) is 5.59. The van der Waals surface area contributed by atoms with E-state index in [1.165, 1.54) is 18.2 Å². The van der Waals surface area contributed by atoms with Crippen molar-refractivity contribution in [1.82, 2.24) is 0 Å². The number of halogens is 1. The first kappa shape index (κ1) is 20.9. The van der Waals surface area contributed by atoms with Gasteiger partial charge in [-0.3, -0.25) is 9.59 Å². The number of carbonyl (C=O) groups is 2. The normalized spacial score (nSPS) is 18.4. The first-order valence-corrected chi connectivity index (χ1v) is 9.59. The smallest absolute Gasteiger partial charge is 0.306 e. The molecule has 0 saturated heterocycles. The lowest BCUT2D eigenvalue weighted by atomic mass is 9.82.